The molecule has 0 aliphatic carbocycles. The predicted molar refractivity (Wildman–Crippen MR) is 48.3 cm³/mol. The van der Waals surface area contributed by atoms with Crippen molar-refractivity contribution in [2.45, 2.75) is 6.92 Å². The smallest absolute Gasteiger partial charge is 0.371 e. The highest BCUT2D eigenvalue weighted by Crippen LogP contribution is 1.84. The van der Waals surface area contributed by atoms with E-state index in [1.807, 2.05) is 0 Å². The number of carboxylic acid groups (broad SMARTS) is 1. The fraction of sp³-hybridized carbons (Fsp3) is 0.750. The molecule has 0 amide bonds. The molecule has 0 atom stereocenters. The van der Waals surface area contributed by atoms with Gasteiger partial charge in [-0.3, -0.25) is 4.79 Å². The zero-order chi connectivity index (χ0) is 11.1. The molecule has 0 aromatic heterocycles. The molecular formula is C8H18ClNO4. The fourth-order valence-electron chi connectivity index (χ4n) is 0.300. The van der Waals surface area contributed by atoms with Crippen molar-refractivity contribution in [2.75, 3.05) is 34.3 Å². The van der Waals surface area contributed by atoms with Crippen LogP contribution in [0.4, 0.5) is 0 Å². The second kappa shape index (κ2) is 8.93. The van der Waals surface area contributed by atoms with Crippen molar-refractivity contribution in [1.82, 2.24) is 0 Å². The van der Waals surface area contributed by atoms with Gasteiger partial charge in [-0.1, -0.05) is 0 Å². The number of carbonyl (C=O) groups excluding carboxylic acids is 1. The Kier molecular flexibility index (Phi) is 12.1. The normalized spacial score (nSPS) is 9.21. The molecule has 0 spiro atoms. The Labute approximate surface area is 90.3 Å². The molecule has 0 bridgehead atoms. The number of carbonyl (C=O) groups is 2. The number of halogens is 1. The first kappa shape index (κ1) is 19.0. The maximum Gasteiger partial charge on any atom is 0.371 e. The molecule has 6 heteroatoms. The van der Waals surface area contributed by atoms with Crippen molar-refractivity contribution < 1.29 is 36.7 Å². The standard InChI is InChI=1S/C5H14NO.C3H4O3.ClH/c1-6(2,3)4-5-7;1-2(4)3(5)6;/h7H,4-5H2,1-3H3;1H3,(H,5,6);1H/q+1;;/p-1. The van der Waals surface area contributed by atoms with Crippen molar-refractivity contribution in [3.8, 4) is 0 Å². The lowest BCUT2D eigenvalue weighted by Gasteiger charge is -2.21. The summed E-state index contributed by atoms with van der Waals surface area (Å²) >= 11 is 0. The lowest BCUT2D eigenvalue weighted by atomic mass is 10.5. The molecule has 86 valence electrons. The van der Waals surface area contributed by atoms with Crippen LogP contribution in [0.25, 0.3) is 0 Å². The molecule has 2 N–H and O–H groups in total. The predicted octanol–water partition coefficient (Wildman–Crippen LogP) is -3.65. The van der Waals surface area contributed by atoms with Gasteiger partial charge in [0.1, 0.15) is 6.54 Å². The van der Waals surface area contributed by atoms with Crippen LogP contribution in [0, 0.1) is 0 Å². The zero-order valence-corrected chi connectivity index (χ0v) is 9.71. The van der Waals surface area contributed by atoms with Gasteiger partial charge in [-0.15, -0.1) is 0 Å². The minimum absolute atomic E-state index is 0. The van der Waals surface area contributed by atoms with Gasteiger partial charge in [0, 0.05) is 6.92 Å². The second-order valence-electron chi connectivity index (χ2n) is 3.60. The number of aliphatic carboxylic acids is 1. The van der Waals surface area contributed by atoms with Gasteiger partial charge in [-0.05, 0) is 0 Å². The Balaban J connectivity index is -0.000000163. The number of ketones is 1. The molecule has 0 rings (SSSR count). The maximum absolute atomic E-state index is 9.54. The minimum Gasteiger partial charge on any atom is -1.00 e. The third kappa shape index (κ3) is 22.5. The summed E-state index contributed by atoms with van der Waals surface area (Å²) in [6.45, 7) is 2.12. The number of nitrogens with zero attached hydrogens (tertiary/aromatic N) is 1. The molecule has 0 unspecified atom stereocenters. The van der Waals surface area contributed by atoms with Crippen LogP contribution in [-0.4, -0.2) is 60.7 Å². The van der Waals surface area contributed by atoms with Crippen molar-refractivity contribution in [3.05, 3.63) is 0 Å². The van der Waals surface area contributed by atoms with Gasteiger partial charge in [0.2, 0.25) is 5.78 Å². The Hall–Kier alpha value is -0.650. The number of carboxylic acids is 1. The van der Waals surface area contributed by atoms with E-state index in [2.05, 4.69) is 21.1 Å². The molecule has 0 aromatic rings. The SMILES string of the molecule is CC(=O)C(=O)O.C[N+](C)(C)CCO.[Cl-]. The molecule has 0 aromatic carbocycles. The Morgan fingerprint density at radius 2 is 1.50 bits per heavy atom. The number of hydrogen-bond donors (Lipinski definition) is 2. The van der Waals surface area contributed by atoms with E-state index >= 15 is 0 Å². The molecule has 0 aliphatic rings. The number of aliphatic hydroxyl groups is 1. The third-order valence-corrected chi connectivity index (χ3v) is 1.07. The molecular weight excluding hydrogens is 210 g/mol. The number of quaternary nitrogens is 1. The van der Waals surface area contributed by atoms with Gasteiger partial charge < -0.3 is 27.1 Å². The number of hydrogen-bond acceptors (Lipinski definition) is 3. The Bertz CT molecular complexity index is 165. The topological polar surface area (TPSA) is 74.6 Å². The molecule has 5 nitrogen and oxygen atoms in total. The van der Waals surface area contributed by atoms with Crippen LogP contribution in [0.1, 0.15) is 6.92 Å². The van der Waals surface area contributed by atoms with Gasteiger partial charge >= 0.3 is 5.97 Å². The molecule has 0 radical (unpaired) electrons. The first-order valence-corrected chi connectivity index (χ1v) is 3.86. The highest BCUT2D eigenvalue weighted by molar-refractivity contribution is 6.31. The molecule has 0 saturated carbocycles. The van der Waals surface area contributed by atoms with Crippen LogP contribution in [-0.2, 0) is 9.59 Å². The summed E-state index contributed by atoms with van der Waals surface area (Å²) in [7, 11) is 6.16. The van der Waals surface area contributed by atoms with Crippen LogP contribution < -0.4 is 12.4 Å². The minimum atomic E-state index is -1.38. The summed E-state index contributed by atoms with van der Waals surface area (Å²) in [5, 5.41) is 16.0. The summed E-state index contributed by atoms with van der Waals surface area (Å²) in [5.41, 5.74) is 0. The van der Waals surface area contributed by atoms with Gasteiger partial charge in [-0.2, -0.15) is 0 Å². The summed E-state index contributed by atoms with van der Waals surface area (Å²) in [6.07, 6.45) is 0. The highest BCUT2D eigenvalue weighted by Gasteiger charge is 2.02. The summed E-state index contributed by atoms with van der Waals surface area (Å²) in [5.74, 6) is -2.20. The first-order chi connectivity index (χ1) is 5.70. The molecule has 0 fully saturated rings. The van der Waals surface area contributed by atoms with E-state index in [0.717, 1.165) is 18.0 Å². The highest BCUT2D eigenvalue weighted by atomic mass is 35.5. The molecule has 0 heterocycles. The number of Topliss-reactive ketones (excluding diaryl/α,β-unsaturated/α-hetero) is 1. The van der Waals surface area contributed by atoms with E-state index in [1.54, 1.807) is 0 Å². The van der Waals surface area contributed by atoms with Gasteiger partial charge in [0.25, 0.3) is 0 Å². The number of rotatable bonds is 3. The summed E-state index contributed by atoms with van der Waals surface area (Å²) in [4.78, 5) is 18.9. The van der Waals surface area contributed by atoms with Crippen LogP contribution in [0.3, 0.4) is 0 Å². The Morgan fingerprint density at radius 1 is 1.21 bits per heavy atom. The molecule has 0 saturated heterocycles. The van der Waals surface area contributed by atoms with E-state index in [4.69, 9.17) is 10.2 Å². The lowest BCUT2D eigenvalue weighted by Crippen LogP contribution is -3.00. The molecule has 14 heavy (non-hydrogen) atoms. The average Bonchev–Trinajstić information content (AvgIpc) is 1.85. The van der Waals surface area contributed by atoms with Crippen LogP contribution >= 0.6 is 0 Å². The average molecular weight is 228 g/mol. The maximum atomic E-state index is 9.54. The fourth-order valence-corrected chi connectivity index (χ4v) is 0.300. The summed E-state index contributed by atoms with van der Waals surface area (Å²) in [6, 6.07) is 0. The van der Waals surface area contributed by atoms with Gasteiger partial charge in [0.15, 0.2) is 0 Å². The monoisotopic (exact) mass is 227 g/mol. The van der Waals surface area contributed by atoms with E-state index in [-0.39, 0.29) is 19.0 Å². The zero-order valence-electron chi connectivity index (χ0n) is 8.95. The van der Waals surface area contributed by atoms with Crippen molar-refractivity contribution in [1.29, 1.82) is 0 Å². The van der Waals surface area contributed by atoms with Gasteiger partial charge in [0.05, 0.1) is 27.7 Å². The van der Waals surface area contributed by atoms with Crippen molar-refractivity contribution in [2.24, 2.45) is 0 Å². The van der Waals surface area contributed by atoms with Gasteiger partial charge in [-0.25, -0.2) is 4.79 Å². The number of likely N-dealkylation sites (N-methyl/N-ethyl adjacent to an activating group) is 1. The van der Waals surface area contributed by atoms with E-state index in [9.17, 15) is 9.59 Å². The Morgan fingerprint density at radius 3 is 1.50 bits per heavy atom. The summed E-state index contributed by atoms with van der Waals surface area (Å²) < 4.78 is 0.844. The van der Waals surface area contributed by atoms with E-state index < -0.39 is 11.8 Å². The van der Waals surface area contributed by atoms with Crippen LogP contribution in [0.2, 0.25) is 0 Å². The third-order valence-electron chi connectivity index (χ3n) is 1.07. The van der Waals surface area contributed by atoms with Crippen molar-refractivity contribution in [3.63, 3.8) is 0 Å². The largest absolute Gasteiger partial charge is 1.00 e. The quantitative estimate of drug-likeness (QED) is 0.385. The van der Waals surface area contributed by atoms with E-state index in [0.29, 0.717) is 0 Å². The molecule has 0 aliphatic heterocycles. The van der Waals surface area contributed by atoms with Crippen LogP contribution in [0.15, 0.2) is 0 Å². The lowest BCUT2D eigenvalue weighted by molar-refractivity contribution is -0.870. The second-order valence-corrected chi connectivity index (χ2v) is 3.60. The number of aliphatic hydroxyl groups excluding tert-OH is 1. The first-order valence-electron chi connectivity index (χ1n) is 3.86. The van der Waals surface area contributed by atoms with Crippen molar-refractivity contribution >= 4 is 11.8 Å². The van der Waals surface area contributed by atoms with E-state index in [1.165, 1.54) is 0 Å². The van der Waals surface area contributed by atoms with Crippen LogP contribution in [0.5, 0.6) is 0 Å².